The van der Waals surface area contributed by atoms with Crippen LogP contribution >= 0.6 is 0 Å². The standard InChI is InChI=1S/C17H35N3O/c1-7-17(5,6)19-16(21)14(4)20-11-9-8-10-15(20)12-18-13(2)3/h13-15,18H,7-12H2,1-6H3,(H,19,21). The van der Waals surface area contributed by atoms with E-state index in [2.05, 4.69) is 57.1 Å². The largest absolute Gasteiger partial charge is 0.350 e. The van der Waals surface area contributed by atoms with E-state index in [-0.39, 0.29) is 17.5 Å². The second kappa shape index (κ2) is 8.14. The molecule has 1 amide bonds. The van der Waals surface area contributed by atoms with Crippen LogP contribution in [0, 0.1) is 0 Å². The lowest BCUT2D eigenvalue weighted by Gasteiger charge is -2.40. The normalized spacial score (nSPS) is 22.3. The van der Waals surface area contributed by atoms with Gasteiger partial charge in [-0.05, 0) is 46.6 Å². The summed E-state index contributed by atoms with van der Waals surface area (Å²) in [6.07, 6.45) is 4.61. The SMILES string of the molecule is CCC(C)(C)NC(=O)C(C)N1CCCCC1CNC(C)C. The molecule has 0 bridgehead atoms. The van der Waals surface area contributed by atoms with Crippen molar-refractivity contribution in [1.82, 2.24) is 15.5 Å². The highest BCUT2D eigenvalue weighted by Crippen LogP contribution is 2.20. The number of hydrogen-bond donors (Lipinski definition) is 2. The average Bonchev–Trinajstić information content (AvgIpc) is 2.44. The molecule has 4 heteroatoms. The van der Waals surface area contributed by atoms with E-state index < -0.39 is 0 Å². The molecule has 21 heavy (non-hydrogen) atoms. The number of nitrogens with one attached hydrogen (secondary N) is 2. The summed E-state index contributed by atoms with van der Waals surface area (Å²) in [6, 6.07) is 0.929. The summed E-state index contributed by atoms with van der Waals surface area (Å²) >= 11 is 0. The molecule has 1 aliphatic heterocycles. The van der Waals surface area contributed by atoms with Crippen molar-refractivity contribution in [1.29, 1.82) is 0 Å². The summed E-state index contributed by atoms with van der Waals surface area (Å²) in [4.78, 5) is 14.9. The van der Waals surface area contributed by atoms with Crippen molar-refractivity contribution in [2.45, 2.75) is 90.9 Å². The highest BCUT2D eigenvalue weighted by Gasteiger charge is 2.31. The van der Waals surface area contributed by atoms with Gasteiger partial charge in [0.15, 0.2) is 0 Å². The van der Waals surface area contributed by atoms with E-state index >= 15 is 0 Å². The van der Waals surface area contributed by atoms with Crippen LogP contribution in [0.2, 0.25) is 0 Å². The van der Waals surface area contributed by atoms with E-state index in [9.17, 15) is 4.79 Å². The zero-order chi connectivity index (χ0) is 16.0. The minimum absolute atomic E-state index is 0.0462. The average molecular weight is 297 g/mol. The van der Waals surface area contributed by atoms with Gasteiger partial charge in [0.25, 0.3) is 0 Å². The van der Waals surface area contributed by atoms with Crippen LogP contribution in [0.1, 0.15) is 67.2 Å². The van der Waals surface area contributed by atoms with E-state index in [1.165, 1.54) is 19.3 Å². The molecule has 1 heterocycles. The molecule has 4 nitrogen and oxygen atoms in total. The third-order valence-corrected chi connectivity index (χ3v) is 4.66. The number of carbonyl (C=O) groups excluding carboxylic acids is 1. The van der Waals surface area contributed by atoms with Crippen LogP contribution in [0.15, 0.2) is 0 Å². The van der Waals surface area contributed by atoms with Crippen molar-refractivity contribution in [3.05, 3.63) is 0 Å². The molecule has 0 aliphatic carbocycles. The first-order chi connectivity index (χ1) is 9.76. The third-order valence-electron chi connectivity index (χ3n) is 4.66. The summed E-state index contributed by atoms with van der Waals surface area (Å²) in [5.41, 5.74) is -0.118. The predicted octanol–water partition coefficient (Wildman–Crippen LogP) is 2.53. The number of piperidine rings is 1. The van der Waals surface area contributed by atoms with Crippen molar-refractivity contribution in [3.8, 4) is 0 Å². The van der Waals surface area contributed by atoms with E-state index in [1.807, 2.05) is 0 Å². The highest BCUT2D eigenvalue weighted by molar-refractivity contribution is 5.82. The number of carbonyl (C=O) groups is 1. The van der Waals surface area contributed by atoms with Gasteiger partial charge in [-0.2, -0.15) is 0 Å². The fourth-order valence-corrected chi connectivity index (χ4v) is 2.80. The van der Waals surface area contributed by atoms with Gasteiger partial charge in [0, 0.05) is 24.2 Å². The predicted molar refractivity (Wildman–Crippen MR) is 89.5 cm³/mol. The molecular formula is C17H35N3O. The molecule has 124 valence electrons. The maximum atomic E-state index is 12.5. The molecule has 0 aromatic heterocycles. The molecule has 2 unspecified atom stereocenters. The maximum Gasteiger partial charge on any atom is 0.237 e. The van der Waals surface area contributed by atoms with Gasteiger partial charge in [0.2, 0.25) is 5.91 Å². The molecule has 0 aromatic rings. The minimum atomic E-state index is -0.118. The lowest BCUT2D eigenvalue weighted by molar-refractivity contribution is -0.129. The fraction of sp³-hybridized carbons (Fsp3) is 0.941. The van der Waals surface area contributed by atoms with E-state index in [0.29, 0.717) is 12.1 Å². The van der Waals surface area contributed by atoms with Crippen LogP contribution in [0.4, 0.5) is 0 Å². The second-order valence-corrected chi connectivity index (χ2v) is 7.35. The van der Waals surface area contributed by atoms with Crippen LogP contribution in [-0.4, -0.2) is 47.6 Å². The highest BCUT2D eigenvalue weighted by atomic mass is 16.2. The number of hydrogen-bond acceptors (Lipinski definition) is 3. The monoisotopic (exact) mass is 297 g/mol. The van der Waals surface area contributed by atoms with E-state index in [0.717, 1.165) is 19.5 Å². The molecular weight excluding hydrogens is 262 g/mol. The first-order valence-corrected chi connectivity index (χ1v) is 8.58. The first-order valence-electron chi connectivity index (χ1n) is 8.58. The van der Waals surface area contributed by atoms with Gasteiger partial charge in [0.05, 0.1) is 6.04 Å². The minimum Gasteiger partial charge on any atom is -0.350 e. The van der Waals surface area contributed by atoms with E-state index in [4.69, 9.17) is 0 Å². The maximum absolute atomic E-state index is 12.5. The number of likely N-dealkylation sites (tertiary alicyclic amines) is 1. The summed E-state index contributed by atoms with van der Waals surface area (Å²) in [6.45, 7) is 14.7. The zero-order valence-corrected chi connectivity index (χ0v) is 14.8. The van der Waals surface area contributed by atoms with Crippen molar-refractivity contribution in [2.75, 3.05) is 13.1 Å². The van der Waals surface area contributed by atoms with Crippen LogP contribution in [0.3, 0.4) is 0 Å². The Morgan fingerprint density at radius 3 is 2.52 bits per heavy atom. The van der Waals surface area contributed by atoms with Gasteiger partial charge >= 0.3 is 0 Å². The summed E-state index contributed by atoms with van der Waals surface area (Å²) in [7, 11) is 0. The topological polar surface area (TPSA) is 44.4 Å². The van der Waals surface area contributed by atoms with E-state index in [1.54, 1.807) is 0 Å². The molecule has 0 saturated carbocycles. The Morgan fingerprint density at radius 2 is 1.95 bits per heavy atom. The smallest absolute Gasteiger partial charge is 0.237 e. The Morgan fingerprint density at radius 1 is 1.29 bits per heavy atom. The Hall–Kier alpha value is -0.610. The van der Waals surface area contributed by atoms with Gasteiger partial charge in [-0.25, -0.2) is 0 Å². The molecule has 0 aromatic carbocycles. The van der Waals surface area contributed by atoms with Crippen LogP contribution in [0.25, 0.3) is 0 Å². The lowest BCUT2D eigenvalue weighted by Crippen LogP contribution is -2.57. The molecule has 1 saturated heterocycles. The van der Waals surface area contributed by atoms with Crippen molar-refractivity contribution in [2.24, 2.45) is 0 Å². The Labute approximate surface area is 131 Å². The van der Waals surface area contributed by atoms with Gasteiger partial charge in [-0.3, -0.25) is 9.69 Å². The Bertz CT molecular complexity index is 328. The van der Waals surface area contributed by atoms with Gasteiger partial charge in [-0.15, -0.1) is 0 Å². The molecule has 0 spiro atoms. The van der Waals surface area contributed by atoms with Crippen molar-refractivity contribution < 1.29 is 4.79 Å². The van der Waals surface area contributed by atoms with Crippen LogP contribution in [-0.2, 0) is 4.79 Å². The lowest BCUT2D eigenvalue weighted by atomic mass is 9.98. The third kappa shape index (κ3) is 5.95. The first kappa shape index (κ1) is 18.4. The molecule has 0 radical (unpaired) electrons. The number of nitrogens with zero attached hydrogens (tertiary/aromatic N) is 1. The Balaban J connectivity index is 2.63. The van der Waals surface area contributed by atoms with Crippen LogP contribution < -0.4 is 10.6 Å². The number of rotatable bonds is 7. The zero-order valence-electron chi connectivity index (χ0n) is 14.8. The van der Waals surface area contributed by atoms with Crippen molar-refractivity contribution >= 4 is 5.91 Å². The van der Waals surface area contributed by atoms with Gasteiger partial charge in [0.1, 0.15) is 0 Å². The van der Waals surface area contributed by atoms with Crippen molar-refractivity contribution in [3.63, 3.8) is 0 Å². The quantitative estimate of drug-likeness (QED) is 0.759. The van der Waals surface area contributed by atoms with Gasteiger partial charge < -0.3 is 10.6 Å². The molecule has 2 N–H and O–H groups in total. The number of amides is 1. The second-order valence-electron chi connectivity index (χ2n) is 7.35. The summed E-state index contributed by atoms with van der Waals surface area (Å²) in [5.74, 6) is 0.165. The molecule has 2 atom stereocenters. The Kier molecular flexibility index (Phi) is 7.14. The molecule has 1 fully saturated rings. The van der Waals surface area contributed by atoms with Crippen LogP contribution in [0.5, 0.6) is 0 Å². The summed E-state index contributed by atoms with van der Waals surface area (Å²) < 4.78 is 0. The molecule has 1 rings (SSSR count). The van der Waals surface area contributed by atoms with Gasteiger partial charge in [-0.1, -0.05) is 27.2 Å². The fourth-order valence-electron chi connectivity index (χ4n) is 2.80. The summed E-state index contributed by atoms with van der Waals surface area (Å²) in [5, 5.41) is 6.71. The molecule has 1 aliphatic rings.